The minimum atomic E-state index is -0.728. The van der Waals surface area contributed by atoms with Crippen LogP contribution in [0.1, 0.15) is 0 Å². The first-order chi connectivity index (χ1) is 9.65. The second-order valence-corrected chi connectivity index (χ2v) is 4.75. The van der Waals surface area contributed by atoms with E-state index in [9.17, 15) is 9.59 Å². The topological polar surface area (TPSA) is 73.9 Å². The van der Waals surface area contributed by atoms with E-state index in [1.807, 2.05) is 6.07 Å². The molecule has 6 nitrogen and oxygen atoms in total. The molecule has 0 saturated carbocycles. The number of hydrogen-bond acceptors (Lipinski definition) is 5. The summed E-state index contributed by atoms with van der Waals surface area (Å²) in [4.78, 5) is 23.1. The van der Waals surface area contributed by atoms with Gasteiger partial charge in [0, 0.05) is 10.2 Å². The van der Waals surface area contributed by atoms with E-state index in [1.165, 1.54) is 6.26 Å². The van der Waals surface area contributed by atoms with Crippen LogP contribution in [0.3, 0.4) is 0 Å². The third-order valence-corrected chi connectivity index (χ3v) is 2.79. The van der Waals surface area contributed by atoms with Crippen LogP contribution in [0.25, 0.3) is 0 Å². The molecule has 0 aromatic heterocycles. The number of halogens is 1. The minimum absolute atomic E-state index is 0.0356. The summed E-state index contributed by atoms with van der Waals surface area (Å²) in [6.07, 6.45) is 1.18. The number of carbonyl (C=O) groups excluding carboxylic acids is 2. The second-order valence-electron chi connectivity index (χ2n) is 3.84. The van der Waals surface area contributed by atoms with Gasteiger partial charge >= 0.3 is 5.97 Å². The van der Waals surface area contributed by atoms with E-state index >= 15 is 0 Å². The summed E-state index contributed by atoms with van der Waals surface area (Å²) < 4.78 is 15.6. The van der Waals surface area contributed by atoms with Crippen LogP contribution >= 0.6 is 15.9 Å². The lowest BCUT2D eigenvalue weighted by Crippen LogP contribution is -2.23. The van der Waals surface area contributed by atoms with Crippen LogP contribution in [0.5, 0.6) is 0 Å². The Kier molecular flexibility index (Phi) is 5.00. The van der Waals surface area contributed by atoms with Crippen molar-refractivity contribution in [2.75, 3.05) is 25.1 Å². The van der Waals surface area contributed by atoms with Crippen molar-refractivity contribution in [3.05, 3.63) is 40.8 Å². The van der Waals surface area contributed by atoms with Gasteiger partial charge in [0.15, 0.2) is 6.61 Å². The average molecular weight is 342 g/mol. The van der Waals surface area contributed by atoms with Crippen molar-refractivity contribution in [3.63, 3.8) is 0 Å². The molecule has 7 heteroatoms. The maximum absolute atomic E-state index is 11.6. The number of benzene rings is 1. The first-order valence-electron chi connectivity index (χ1n) is 5.82. The molecule has 1 aromatic carbocycles. The number of carbonyl (C=O) groups is 2. The van der Waals surface area contributed by atoms with E-state index < -0.39 is 18.5 Å². The molecule has 0 unspecified atom stereocenters. The van der Waals surface area contributed by atoms with E-state index in [2.05, 4.69) is 21.2 Å². The predicted octanol–water partition coefficient (Wildman–Crippen LogP) is 1.82. The number of anilines is 1. The van der Waals surface area contributed by atoms with Crippen molar-refractivity contribution >= 4 is 33.5 Å². The molecule has 0 saturated heterocycles. The summed E-state index contributed by atoms with van der Waals surface area (Å²) in [5, 5.41) is 2.60. The van der Waals surface area contributed by atoms with E-state index in [0.29, 0.717) is 12.3 Å². The van der Waals surface area contributed by atoms with Crippen molar-refractivity contribution in [3.8, 4) is 0 Å². The molecule has 0 bridgehead atoms. The molecule has 0 aliphatic carbocycles. The monoisotopic (exact) mass is 341 g/mol. The van der Waals surface area contributed by atoms with Gasteiger partial charge in [-0.15, -0.1) is 0 Å². The Labute approximate surface area is 123 Å². The molecular weight excluding hydrogens is 330 g/mol. The van der Waals surface area contributed by atoms with Crippen LogP contribution in [-0.4, -0.2) is 31.7 Å². The zero-order valence-corrected chi connectivity index (χ0v) is 12.0. The maximum Gasteiger partial charge on any atom is 0.377 e. The molecular formula is C13H12BrNO5. The zero-order valence-electron chi connectivity index (χ0n) is 10.4. The summed E-state index contributed by atoms with van der Waals surface area (Å²) >= 11 is 3.29. The van der Waals surface area contributed by atoms with Gasteiger partial charge in [0.1, 0.15) is 19.5 Å². The number of hydrogen-bond donors (Lipinski definition) is 1. The Balaban J connectivity index is 1.80. The van der Waals surface area contributed by atoms with Crippen LogP contribution in [0, 0.1) is 0 Å². The van der Waals surface area contributed by atoms with E-state index in [4.69, 9.17) is 14.2 Å². The van der Waals surface area contributed by atoms with Gasteiger partial charge in [0.2, 0.25) is 5.76 Å². The Morgan fingerprint density at radius 2 is 2.20 bits per heavy atom. The van der Waals surface area contributed by atoms with Gasteiger partial charge in [-0.1, -0.05) is 22.0 Å². The van der Waals surface area contributed by atoms with Crippen molar-refractivity contribution in [2.24, 2.45) is 0 Å². The number of ether oxygens (including phenoxy) is 3. The van der Waals surface area contributed by atoms with Gasteiger partial charge in [0.05, 0.1) is 0 Å². The molecule has 1 N–H and O–H groups in total. The lowest BCUT2D eigenvalue weighted by atomic mass is 10.3. The lowest BCUT2D eigenvalue weighted by molar-refractivity contribution is -0.148. The average Bonchev–Trinajstić information content (AvgIpc) is 2.46. The third-order valence-electron chi connectivity index (χ3n) is 2.29. The molecule has 1 aromatic rings. The molecule has 1 amide bonds. The molecule has 1 heterocycles. The quantitative estimate of drug-likeness (QED) is 0.845. The highest BCUT2D eigenvalue weighted by molar-refractivity contribution is 9.10. The maximum atomic E-state index is 11.6. The highest BCUT2D eigenvalue weighted by atomic mass is 79.9. The second kappa shape index (κ2) is 6.95. The number of esters is 1. The first kappa shape index (κ1) is 14.4. The molecule has 0 fully saturated rings. The largest absolute Gasteiger partial charge is 0.493 e. The van der Waals surface area contributed by atoms with Gasteiger partial charge in [-0.05, 0) is 18.2 Å². The summed E-state index contributed by atoms with van der Waals surface area (Å²) in [5.41, 5.74) is 0.608. The van der Waals surface area contributed by atoms with Crippen LogP contribution < -0.4 is 5.32 Å². The smallest absolute Gasteiger partial charge is 0.377 e. The Bertz CT molecular complexity index is 543. The Hall–Kier alpha value is -2.02. The fraction of sp³-hybridized carbons (Fsp3) is 0.231. The van der Waals surface area contributed by atoms with Crippen LogP contribution in [0.2, 0.25) is 0 Å². The number of amides is 1. The normalized spacial score (nSPS) is 13.6. The first-order valence-corrected chi connectivity index (χ1v) is 6.61. The molecule has 1 aliphatic heterocycles. The van der Waals surface area contributed by atoms with Crippen molar-refractivity contribution < 1.29 is 23.8 Å². The molecule has 0 spiro atoms. The van der Waals surface area contributed by atoms with Gasteiger partial charge < -0.3 is 19.5 Å². The fourth-order valence-corrected chi connectivity index (χ4v) is 1.84. The van der Waals surface area contributed by atoms with E-state index in [-0.39, 0.29) is 12.4 Å². The summed E-state index contributed by atoms with van der Waals surface area (Å²) in [7, 11) is 0. The summed E-state index contributed by atoms with van der Waals surface area (Å²) in [6.45, 7) is 0.275. The summed E-state index contributed by atoms with van der Waals surface area (Å²) in [6, 6.07) is 7.08. The molecule has 20 heavy (non-hydrogen) atoms. The van der Waals surface area contributed by atoms with Crippen molar-refractivity contribution in [1.82, 2.24) is 0 Å². The van der Waals surface area contributed by atoms with E-state index in [0.717, 1.165) is 4.47 Å². The van der Waals surface area contributed by atoms with E-state index in [1.54, 1.807) is 18.2 Å². The van der Waals surface area contributed by atoms with Gasteiger partial charge in [-0.3, -0.25) is 4.79 Å². The number of rotatable bonds is 4. The van der Waals surface area contributed by atoms with Crippen LogP contribution in [0.4, 0.5) is 5.69 Å². The Morgan fingerprint density at radius 1 is 1.35 bits per heavy atom. The van der Waals surface area contributed by atoms with Crippen molar-refractivity contribution in [1.29, 1.82) is 0 Å². The predicted molar refractivity (Wildman–Crippen MR) is 73.7 cm³/mol. The molecule has 106 valence electrons. The SMILES string of the molecule is O=C(COC(=O)C1=COCCO1)Nc1cccc(Br)c1. The molecule has 0 atom stereocenters. The summed E-state index contributed by atoms with van der Waals surface area (Å²) in [5.74, 6) is -1.20. The van der Waals surface area contributed by atoms with Gasteiger partial charge in [-0.25, -0.2) is 4.79 Å². The number of nitrogens with one attached hydrogen (secondary N) is 1. The fourth-order valence-electron chi connectivity index (χ4n) is 1.44. The standard InChI is InChI=1S/C13H12BrNO5/c14-9-2-1-3-10(6-9)15-12(16)8-20-13(17)11-7-18-4-5-19-11/h1-3,6-7H,4-5,8H2,(H,15,16). The zero-order chi connectivity index (χ0) is 14.4. The van der Waals surface area contributed by atoms with Crippen molar-refractivity contribution in [2.45, 2.75) is 0 Å². The highest BCUT2D eigenvalue weighted by Gasteiger charge is 2.17. The van der Waals surface area contributed by atoms with Crippen LogP contribution in [-0.2, 0) is 23.8 Å². The van der Waals surface area contributed by atoms with Gasteiger partial charge in [0.25, 0.3) is 5.91 Å². The lowest BCUT2D eigenvalue weighted by Gasteiger charge is -2.14. The molecule has 1 aliphatic rings. The minimum Gasteiger partial charge on any atom is -0.493 e. The van der Waals surface area contributed by atoms with Crippen LogP contribution in [0.15, 0.2) is 40.8 Å². The highest BCUT2D eigenvalue weighted by Crippen LogP contribution is 2.15. The molecule has 2 rings (SSSR count). The molecule has 0 radical (unpaired) electrons. The third kappa shape index (κ3) is 4.27. The Morgan fingerprint density at radius 3 is 2.90 bits per heavy atom. The van der Waals surface area contributed by atoms with Gasteiger partial charge in [-0.2, -0.15) is 0 Å².